The van der Waals surface area contributed by atoms with Crippen LogP contribution >= 0.6 is 0 Å². The van der Waals surface area contributed by atoms with Crippen LogP contribution in [0.4, 0.5) is 0 Å². The van der Waals surface area contributed by atoms with E-state index in [9.17, 15) is 4.79 Å². The van der Waals surface area contributed by atoms with E-state index in [-0.39, 0.29) is 5.69 Å². The smallest absolute Gasteiger partial charge is 0.287 e. The molecule has 7 heteroatoms. The van der Waals surface area contributed by atoms with Crippen LogP contribution in [0.2, 0.25) is 0 Å². The Hall–Kier alpha value is -2.80. The number of aromatic nitrogens is 2. The average Bonchev–Trinajstić information content (AvgIpc) is 3.14. The molecule has 0 saturated heterocycles. The van der Waals surface area contributed by atoms with E-state index in [1.807, 2.05) is 40.5 Å². The third-order valence-corrected chi connectivity index (χ3v) is 3.23. The molecule has 1 amide bonds. The summed E-state index contributed by atoms with van der Waals surface area (Å²) in [4.78, 5) is 11.3. The van der Waals surface area contributed by atoms with Crippen molar-refractivity contribution in [3.8, 4) is 5.75 Å². The van der Waals surface area contributed by atoms with Gasteiger partial charge in [0.1, 0.15) is 5.75 Å². The van der Waals surface area contributed by atoms with E-state index in [0.717, 1.165) is 16.7 Å². The molecule has 0 atom stereocenters. The van der Waals surface area contributed by atoms with Crippen molar-refractivity contribution < 1.29 is 14.1 Å². The number of hydrogen-bond acceptors (Lipinski definition) is 5. The monoisotopic (exact) mass is 286 g/mol. The van der Waals surface area contributed by atoms with E-state index < -0.39 is 5.91 Å². The van der Waals surface area contributed by atoms with E-state index in [1.54, 1.807) is 13.2 Å². The number of fused-ring (bicyclic) bond motifs is 1. The van der Waals surface area contributed by atoms with Crippen LogP contribution in [0.15, 0.2) is 41.1 Å². The van der Waals surface area contributed by atoms with Crippen LogP contribution in [0.5, 0.6) is 5.75 Å². The maximum Gasteiger partial charge on any atom is 0.287 e. The maximum absolute atomic E-state index is 11.3. The Balaban J connectivity index is 1.88. The number of amides is 1. The SMILES string of the molecule is COc1ccc2c(ccn2Cc2cc(C(=O)NN)no2)c1. The van der Waals surface area contributed by atoms with Crippen LogP contribution in [0, 0.1) is 0 Å². The number of nitrogen functional groups attached to an aromatic ring is 1. The molecule has 3 N–H and O–H groups in total. The lowest BCUT2D eigenvalue weighted by Gasteiger charge is -2.03. The number of carbonyl (C=O) groups excluding carboxylic acids is 1. The van der Waals surface area contributed by atoms with Crippen LogP contribution in [0.3, 0.4) is 0 Å². The Morgan fingerprint density at radius 3 is 3.05 bits per heavy atom. The highest BCUT2D eigenvalue weighted by molar-refractivity contribution is 5.91. The predicted molar refractivity (Wildman–Crippen MR) is 75.7 cm³/mol. The molecule has 0 aliphatic carbocycles. The summed E-state index contributed by atoms with van der Waals surface area (Å²) in [5.41, 5.74) is 3.21. The average molecular weight is 286 g/mol. The van der Waals surface area contributed by atoms with Gasteiger partial charge >= 0.3 is 0 Å². The highest BCUT2D eigenvalue weighted by Crippen LogP contribution is 2.22. The highest BCUT2D eigenvalue weighted by atomic mass is 16.5. The summed E-state index contributed by atoms with van der Waals surface area (Å²) in [6.45, 7) is 0.473. The third kappa shape index (κ3) is 2.46. The summed E-state index contributed by atoms with van der Waals surface area (Å²) in [5.74, 6) is 5.95. The Kier molecular flexibility index (Phi) is 3.33. The molecular weight excluding hydrogens is 272 g/mol. The molecule has 0 bridgehead atoms. The van der Waals surface area contributed by atoms with Crippen molar-refractivity contribution in [2.24, 2.45) is 5.84 Å². The van der Waals surface area contributed by atoms with Gasteiger partial charge in [-0.1, -0.05) is 5.16 Å². The van der Waals surface area contributed by atoms with Crippen molar-refractivity contribution in [1.82, 2.24) is 15.1 Å². The zero-order chi connectivity index (χ0) is 14.8. The fourth-order valence-electron chi connectivity index (χ4n) is 2.18. The molecule has 1 aromatic carbocycles. The summed E-state index contributed by atoms with van der Waals surface area (Å²) in [5, 5.41) is 4.74. The number of hydrazine groups is 1. The van der Waals surface area contributed by atoms with Gasteiger partial charge in [0.2, 0.25) is 0 Å². The van der Waals surface area contributed by atoms with E-state index >= 15 is 0 Å². The Morgan fingerprint density at radius 2 is 2.29 bits per heavy atom. The predicted octanol–water partition coefficient (Wildman–Crippen LogP) is 1.29. The second-order valence-corrected chi connectivity index (χ2v) is 4.52. The van der Waals surface area contributed by atoms with Gasteiger partial charge in [0.05, 0.1) is 13.7 Å². The van der Waals surface area contributed by atoms with Crippen molar-refractivity contribution in [2.45, 2.75) is 6.54 Å². The number of benzene rings is 1. The van der Waals surface area contributed by atoms with Gasteiger partial charge < -0.3 is 13.8 Å². The minimum atomic E-state index is -0.480. The number of nitrogens with zero attached hydrogens (tertiary/aromatic N) is 2. The summed E-state index contributed by atoms with van der Waals surface area (Å²) in [7, 11) is 1.64. The minimum absolute atomic E-state index is 0.158. The fraction of sp³-hybridized carbons (Fsp3) is 0.143. The zero-order valence-corrected chi connectivity index (χ0v) is 11.4. The summed E-state index contributed by atoms with van der Waals surface area (Å²) >= 11 is 0. The number of ether oxygens (including phenoxy) is 1. The lowest BCUT2D eigenvalue weighted by molar-refractivity contribution is 0.0944. The standard InChI is InChI=1S/C14H14N4O3/c1-20-10-2-3-13-9(6-10)4-5-18(13)8-11-7-12(17-21-11)14(19)16-15/h2-7H,8,15H2,1H3,(H,16,19). The first-order valence-electron chi connectivity index (χ1n) is 6.30. The van der Waals surface area contributed by atoms with E-state index in [1.165, 1.54) is 0 Å². The molecule has 0 unspecified atom stereocenters. The van der Waals surface area contributed by atoms with Crippen LogP contribution in [-0.2, 0) is 6.54 Å². The summed E-state index contributed by atoms with van der Waals surface area (Å²) < 4.78 is 12.3. The lowest BCUT2D eigenvalue weighted by atomic mass is 10.2. The van der Waals surface area contributed by atoms with Crippen LogP contribution < -0.4 is 16.0 Å². The fourth-order valence-corrected chi connectivity index (χ4v) is 2.18. The Morgan fingerprint density at radius 1 is 1.43 bits per heavy atom. The molecule has 3 aromatic rings. The highest BCUT2D eigenvalue weighted by Gasteiger charge is 2.12. The largest absolute Gasteiger partial charge is 0.497 e. The normalized spacial score (nSPS) is 10.8. The van der Waals surface area contributed by atoms with Crippen LogP contribution in [-0.4, -0.2) is 22.7 Å². The number of carbonyl (C=O) groups is 1. The topological polar surface area (TPSA) is 95.3 Å². The van der Waals surface area contributed by atoms with Crippen molar-refractivity contribution in [3.63, 3.8) is 0 Å². The molecule has 0 aliphatic rings. The van der Waals surface area contributed by atoms with Gasteiger partial charge in [0.15, 0.2) is 11.5 Å². The van der Waals surface area contributed by atoms with E-state index in [2.05, 4.69) is 5.16 Å². The molecule has 7 nitrogen and oxygen atoms in total. The molecule has 2 heterocycles. The molecule has 0 saturated carbocycles. The molecule has 0 radical (unpaired) electrons. The number of nitrogens with one attached hydrogen (secondary N) is 1. The minimum Gasteiger partial charge on any atom is -0.497 e. The van der Waals surface area contributed by atoms with Gasteiger partial charge in [-0.2, -0.15) is 0 Å². The number of methoxy groups -OCH3 is 1. The molecule has 108 valence electrons. The van der Waals surface area contributed by atoms with Gasteiger partial charge in [0.25, 0.3) is 5.91 Å². The molecule has 21 heavy (non-hydrogen) atoms. The molecule has 3 rings (SSSR count). The van der Waals surface area contributed by atoms with Crippen molar-refractivity contribution >= 4 is 16.8 Å². The maximum atomic E-state index is 11.3. The Bertz CT molecular complexity index is 790. The van der Waals surface area contributed by atoms with E-state index in [4.69, 9.17) is 15.1 Å². The van der Waals surface area contributed by atoms with Gasteiger partial charge in [-0.25, -0.2) is 5.84 Å². The second-order valence-electron chi connectivity index (χ2n) is 4.52. The Labute approximate surface area is 120 Å². The van der Waals surface area contributed by atoms with Crippen LogP contribution in [0.25, 0.3) is 10.9 Å². The lowest BCUT2D eigenvalue weighted by Crippen LogP contribution is -2.30. The van der Waals surface area contributed by atoms with Gasteiger partial charge in [0, 0.05) is 23.2 Å². The zero-order valence-electron chi connectivity index (χ0n) is 11.4. The molecule has 0 fully saturated rings. The number of rotatable bonds is 4. The molecule has 0 spiro atoms. The first-order chi connectivity index (χ1) is 10.2. The number of hydrogen-bond donors (Lipinski definition) is 2. The van der Waals surface area contributed by atoms with Crippen molar-refractivity contribution in [1.29, 1.82) is 0 Å². The second kappa shape index (κ2) is 5.29. The van der Waals surface area contributed by atoms with Gasteiger partial charge in [-0.15, -0.1) is 0 Å². The number of nitrogens with two attached hydrogens (primary N) is 1. The van der Waals surface area contributed by atoms with E-state index in [0.29, 0.717) is 12.3 Å². The molecule has 0 aliphatic heterocycles. The third-order valence-electron chi connectivity index (χ3n) is 3.23. The summed E-state index contributed by atoms with van der Waals surface area (Å²) in [6, 6.07) is 9.38. The van der Waals surface area contributed by atoms with Gasteiger partial charge in [-0.3, -0.25) is 10.2 Å². The van der Waals surface area contributed by atoms with Crippen molar-refractivity contribution in [2.75, 3.05) is 7.11 Å². The quantitative estimate of drug-likeness (QED) is 0.428. The molecule has 2 aromatic heterocycles. The van der Waals surface area contributed by atoms with Gasteiger partial charge in [-0.05, 0) is 24.3 Å². The summed E-state index contributed by atoms with van der Waals surface area (Å²) in [6.07, 6.45) is 1.94. The van der Waals surface area contributed by atoms with Crippen molar-refractivity contribution in [3.05, 3.63) is 48.0 Å². The van der Waals surface area contributed by atoms with Crippen LogP contribution in [0.1, 0.15) is 16.2 Å². The molecular formula is C14H14N4O3. The first-order valence-corrected chi connectivity index (χ1v) is 6.30. The first kappa shape index (κ1) is 13.2.